The van der Waals surface area contributed by atoms with E-state index in [2.05, 4.69) is 24.1 Å². The molecular weight excluding hydrogens is 228 g/mol. The molecule has 0 aromatic carbocycles. The number of aromatic nitrogens is 2. The molecule has 1 rings (SSSR count). The van der Waals surface area contributed by atoms with Crippen LogP contribution in [0.3, 0.4) is 0 Å². The first kappa shape index (κ1) is 14.7. The summed E-state index contributed by atoms with van der Waals surface area (Å²) in [6.45, 7) is 10.4. The predicted octanol–water partition coefficient (Wildman–Crippen LogP) is 1.09. The van der Waals surface area contributed by atoms with E-state index in [0.717, 1.165) is 39.1 Å². The van der Waals surface area contributed by atoms with Gasteiger partial charge in [0.05, 0.1) is 0 Å². The normalized spacial score (nSPS) is 10.6. The molecule has 5 nitrogen and oxygen atoms in total. The van der Waals surface area contributed by atoms with Gasteiger partial charge in [0.25, 0.3) is 5.56 Å². The molecule has 0 saturated carbocycles. The van der Waals surface area contributed by atoms with Gasteiger partial charge in [0.1, 0.15) is 0 Å². The van der Waals surface area contributed by atoms with Gasteiger partial charge in [0.15, 0.2) is 5.82 Å². The van der Waals surface area contributed by atoms with E-state index < -0.39 is 0 Å². The molecule has 0 radical (unpaired) electrons. The zero-order valence-corrected chi connectivity index (χ0v) is 11.6. The van der Waals surface area contributed by atoms with E-state index in [0.29, 0.717) is 5.82 Å². The number of anilines is 1. The first-order valence-electron chi connectivity index (χ1n) is 6.75. The van der Waals surface area contributed by atoms with Crippen molar-refractivity contribution in [2.24, 2.45) is 0 Å². The predicted molar refractivity (Wildman–Crippen MR) is 75.2 cm³/mol. The Morgan fingerprint density at radius 3 is 2.78 bits per heavy atom. The lowest BCUT2D eigenvalue weighted by molar-refractivity contribution is 0.634. The maximum atomic E-state index is 12.2. The Labute approximate surface area is 109 Å². The summed E-state index contributed by atoms with van der Waals surface area (Å²) in [5, 5.41) is 3.26. The van der Waals surface area contributed by atoms with Gasteiger partial charge < -0.3 is 14.8 Å². The summed E-state index contributed by atoms with van der Waals surface area (Å²) in [4.78, 5) is 18.5. The van der Waals surface area contributed by atoms with E-state index >= 15 is 0 Å². The van der Waals surface area contributed by atoms with Crippen molar-refractivity contribution in [3.63, 3.8) is 0 Å². The Kier molecular flexibility index (Phi) is 6.43. The Morgan fingerprint density at radius 1 is 1.39 bits per heavy atom. The van der Waals surface area contributed by atoms with Crippen molar-refractivity contribution >= 4 is 5.82 Å². The van der Waals surface area contributed by atoms with E-state index in [-0.39, 0.29) is 5.56 Å². The second kappa shape index (κ2) is 7.87. The molecule has 1 N–H and O–H groups in total. The summed E-state index contributed by atoms with van der Waals surface area (Å²) in [7, 11) is 0. The van der Waals surface area contributed by atoms with E-state index in [4.69, 9.17) is 0 Å². The lowest BCUT2D eigenvalue weighted by atomic mass is 10.4. The molecule has 0 aliphatic carbocycles. The van der Waals surface area contributed by atoms with Gasteiger partial charge in [-0.2, -0.15) is 0 Å². The average Bonchev–Trinajstić information content (AvgIpc) is 2.38. The third-order valence-corrected chi connectivity index (χ3v) is 2.85. The van der Waals surface area contributed by atoms with Gasteiger partial charge in [0, 0.05) is 38.6 Å². The largest absolute Gasteiger partial charge is 0.351 e. The first-order chi connectivity index (χ1) is 8.74. The van der Waals surface area contributed by atoms with Crippen LogP contribution in [-0.2, 0) is 6.54 Å². The first-order valence-corrected chi connectivity index (χ1v) is 6.75. The highest BCUT2D eigenvalue weighted by molar-refractivity contribution is 5.35. The van der Waals surface area contributed by atoms with Crippen molar-refractivity contribution in [1.29, 1.82) is 0 Å². The van der Waals surface area contributed by atoms with Crippen LogP contribution in [0.15, 0.2) is 17.2 Å². The topological polar surface area (TPSA) is 50.2 Å². The van der Waals surface area contributed by atoms with Gasteiger partial charge in [-0.05, 0) is 19.9 Å². The molecule has 1 aromatic rings. The minimum Gasteiger partial charge on any atom is -0.351 e. The molecule has 0 unspecified atom stereocenters. The Morgan fingerprint density at radius 2 is 2.17 bits per heavy atom. The lowest BCUT2D eigenvalue weighted by Crippen LogP contribution is -2.37. The number of likely N-dealkylation sites (N-methyl/N-ethyl adjacent to an activating group) is 2. The number of hydrogen-bond acceptors (Lipinski definition) is 4. The van der Waals surface area contributed by atoms with Crippen LogP contribution in [-0.4, -0.2) is 35.7 Å². The van der Waals surface area contributed by atoms with Crippen LogP contribution in [0.2, 0.25) is 0 Å². The molecule has 102 valence electrons. The third kappa shape index (κ3) is 3.84. The Balaban J connectivity index is 2.85. The second-order valence-electron chi connectivity index (χ2n) is 4.18. The van der Waals surface area contributed by atoms with Gasteiger partial charge in [-0.3, -0.25) is 4.79 Å². The quantitative estimate of drug-likeness (QED) is 0.704. The zero-order valence-electron chi connectivity index (χ0n) is 11.6. The van der Waals surface area contributed by atoms with Crippen molar-refractivity contribution in [3.05, 3.63) is 22.7 Å². The van der Waals surface area contributed by atoms with Crippen molar-refractivity contribution in [3.8, 4) is 0 Å². The molecule has 0 amide bonds. The number of hydrogen-bond donors (Lipinski definition) is 1. The highest BCUT2D eigenvalue weighted by atomic mass is 16.1. The minimum absolute atomic E-state index is 0.0118. The van der Waals surface area contributed by atoms with E-state index in [1.165, 1.54) is 0 Å². The Bertz CT molecular complexity index is 402. The molecular formula is C13H24N4O. The molecule has 0 saturated heterocycles. The van der Waals surface area contributed by atoms with Crippen LogP contribution in [0.4, 0.5) is 5.82 Å². The fourth-order valence-electron chi connectivity index (χ4n) is 1.87. The van der Waals surface area contributed by atoms with E-state index in [1.54, 1.807) is 17.0 Å². The summed E-state index contributed by atoms with van der Waals surface area (Å²) in [5.74, 6) is 0.561. The highest BCUT2D eigenvalue weighted by Gasteiger charge is 2.11. The maximum Gasteiger partial charge on any atom is 0.293 e. The average molecular weight is 252 g/mol. The molecule has 18 heavy (non-hydrogen) atoms. The monoisotopic (exact) mass is 252 g/mol. The molecule has 0 aliphatic heterocycles. The molecule has 0 bridgehead atoms. The second-order valence-corrected chi connectivity index (χ2v) is 4.18. The molecule has 0 aliphatic rings. The maximum absolute atomic E-state index is 12.2. The van der Waals surface area contributed by atoms with Crippen molar-refractivity contribution in [1.82, 2.24) is 14.9 Å². The van der Waals surface area contributed by atoms with Crippen molar-refractivity contribution in [2.45, 2.75) is 33.7 Å². The number of aryl methyl sites for hydroxylation is 1. The SMILES string of the molecule is CCCn1ccnc(N(CC)CCNCC)c1=O. The fourth-order valence-corrected chi connectivity index (χ4v) is 1.87. The minimum atomic E-state index is 0.0118. The molecule has 1 heterocycles. The molecule has 5 heteroatoms. The smallest absolute Gasteiger partial charge is 0.293 e. The number of nitrogens with one attached hydrogen (secondary N) is 1. The van der Waals surface area contributed by atoms with Gasteiger partial charge >= 0.3 is 0 Å². The van der Waals surface area contributed by atoms with Gasteiger partial charge in [-0.15, -0.1) is 0 Å². The molecule has 0 spiro atoms. The summed E-state index contributed by atoms with van der Waals surface area (Å²) >= 11 is 0. The Hall–Kier alpha value is -1.36. The summed E-state index contributed by atoms with van der Waals surface area (Å²) in [6, 6.07) is 0. The highest BCUT2D eigenvalue weighted by Crippen LogP contribution is 2.02. The van der Waals surface area contributed by atoms with Gasteiger partial charge in [-0.1, -0.05) is 13.8 Å². The van der Waals surface area contributed by atoms with E-state index in [9.17, 15) is 4.79 Å². The van der Waals surface area contributed by atoms with Crippen LogP contribution in [0.1, 0.15) is 27.2 Å². The van der Waals surface area contributed by atoms with Crippen LogP contribution in [0, 0.1) is 0 Å². The standard InChI is InChI=1S/C13H24N4O/c1-4-9-17-11-8-15-12(13(17)18)16(6-3)10-7-14-5-2/h8,11,14H,4-7,9-10H2,1-3H3. The summed E-state index contributed by atoms with van der Waals surface area (Å²) in [6.07, 6.45) is 4.42. The third-order valence-electron chi connectivity index (χ3n) is 2.85. The van der Waals surface area contributed by atoms with Crippen LogP contribution < -0.4 is 15.8 Å². The molecule has 0 atom stereocenters. The zero-order chi connectivity index (χ0) is 13.4. The molecule has 0 fully saturated rings. The summed E-state index contributed by atoms with van der Waals surface area (Å²) < 4.78 is 1.73. The number of nitrogens with zero attached hydrogens (tertiary/aromatic N) is 3. The van der Waals surface area contributed by atoms with Crippen molar-refractivity contribution < 1.29 is 0 Å². The van der Waals surface area contributed by atoms with Crippen LogP contribution >= 0.6 is 0 Å². The number of rotatable bonds is 8. The van der Waals surface area contributed by atoms with E-state index in [1.807, 2.05) is 11.8 Å². The fraction of sp³-hybridized carbons (Fsp3) is 0.692. The van der Waals surface area contributed by atoms with Gasteiger partial charge in [-0.25, -0.2) is 4.98 Å². The molecule has 1 aromatic heterocycles. The summed E-state index contributed by atoms with van der Waals surface area (Å²) in [5.41, 5.74) is 0.0118. The van der Waals surface area contributed by atoms with Crippen LogP contribution in [0.5, 0.6) is 0 Å². The van der Waals surface area contributed by atoms with Crippen LogP contribution in [0.25, 0.3) is 0 Å². The lowest BCUT2D eigenvalue weighted by Gasteiger charge is -2.21. The van der Waals surface area contributed by atoms with Crippen molar-refractivity contribution in [2.75, 3.05) is 31.1 Å². The van der Waals surface area contributed by atoms with Gasteiger partial charge in [0.2, 0.25) is 0 Å².